The van der Waals surface area contributed by atoms with Crippen molar-refractivity contribution in [1.29, 1.82) is 0 Å². The third-order valence-electron chi connectivity index (χ3n) is 1.82. The standard InChI is InChI=1S/C8H12N2O2S2/c1-2-6(11)9-3-4-10-7(12)5-14-8(10)13/h2-5H2,1H3,(H,9,11). The maximum absolute atomic E-state index is 11.2. The lowest BCUT2D eigenvalue weighted by atomic mass is 10.4. The number of nitrogens with zero attached hydrogens (tertiary/aromatic N) is 1. The Labute approximate surface area is 92.4 Å². The molecule has 1 saturated heterocycles. The highest BCUT2D eigenvalue weighted by Crippen LogP contribution is 2.18. The molecule has 1 N–H and O–H groups in total. The van der Waals surface area contributed by atoms with Crippen molar-refractivity contribution < 1.29 is 9.59 Å². The second kappa shape index (κ2) is 5.31. The van der Waals surface area contributed by atoms with Gasteiger partial charge in [-0.15, -0.1) is 0 Å². The van der Waals surface area contributed by atoms with Gasteiger partial charge in [0.05, 0.1) is 5.75 Å². The van der Waals surface area contributed by atoms with Crippen molar-refractivity contribution in [3.05, 3.63) is 0 Å². The smallest absolute Gasteiger partial charge is 0.238 e. The predicted octanol–water partition coefficient (Wildman–Crippen LogP) is 0.373. The van der Waals surface area contributed by atoms with E-state index in [1.165, 1.54) is 16.7 Å². The molecule has 0 aromatic rings. The molecule has 78 valence electrons. The molecule has 6 heteroatoms. The Bertz CT molecular complexity index is 252. The first-order valence-electron chi connectivity index (χ1n) is 4.39. The van der Waals surface area contributed by atoms with Gasteiger partial charge in [-0.2, -0.15) is 0 Å². The van der Waals surface area contributed by atoms with Crippen LogP contribution in [-0.2, 0) is 9.59 Å². The van der Waals surface area contributed by atoms with Gasteiger partial charge < -0.3 is 5.32 Å². The van der Waals surface area contributed by atoms with Gasteiger partial charge in [0, 0.05) is 19.5 Å². The minimum Gasteiger partial charge on any atom is -0.354 e. The molecule has 14 heavy (non-hydrogen) atoms. The number of hydrogen-bond donors (Lipinski definition) is 1. The lowest BCUT2D eigenvalue weighted by Gasteiger charge is -2.14. The highest BCUT2D eigenvalue weighted by molar-refractivity contribution is 8.23. The van der Waals surface area contributed by atoms with Crippen molar-refractivity contribution >= 4 is 40.1 Å². The summed E-state index contributed by atoms with van der Waals surface area (Å²) < 4.78 is 0.612. The van der Waals surface area contributed by atoms with Gasteiger partial charge in [0.15, 0.2) is 0 Å². The molecule has 1 heterocycles. The minimum atomic E-state index is -0.00443. The fourth-order valence-corrected chi connectivity index (χ4v) is 2.15. The van der Waals surface area contributed by atoms with Crippen LogP contribution in [0.5, 0.6) is 0 Å². The maximum Gasteiger partial charge on any atom is 0.238 e. The number of thiocarbonyl (C=S) groups is 1. The molecule has 4 nitrogen and oxygen atoms in total. The summed E-state index contributed by atoms with van der Waals surface area (Å²) in [6, 6.07) is 0. The van der Waals surface area contributed by atoms with E-state index >= 15 is 0 Å². The van der Waals surface area contributed by atoms with Crippen LogP contribution in [0, 0.1) is 0 Å². The molecular formula is C8H12N2O2S2. The molecule has 1 aliphatic heterocycles. The van der Waals surface area contributed by atoms with Crippen LogP contribution >= 0.6 is 24.0 Å². The Hall–Kier alpha value is -0.620. The first-order chi connectivity index (χ1) is 6.65. The highest BCUT2D eigenvalue weighted by Gasteiger charge is 2.25. The molecule has 0 aromatic heterocycles. The van der Waals surface area contributed by atoms with Crippen LogP contribution in [0.15, 0.2) is 0 Å². The van der Waals surface area contributed by atoms with Gasteiger partial charge >= 0.3 is 0 Å². The zero-order valence-corrected chi connectivity index (χ0v) is 9.54. The second-order valence-electron chi connectivity index (χ2n) is 2.80. The number of carbonyl (C=O) groups is 2. The van der Waals surface area contributed by atoms with Crippen LogP contribution in [0.2, 0.25) is 0 Å². The van der Waals surface area contributed by atoms with Crippen molar-refractivity contribution in [2.75, 3.05) is 18.8 Å². The summed E-state index contributed by atoms with van der Waals surface area (Å²) in [6.07, 6.45) is 0.465. The van der Waals surface area contributed by atoms with Crippen LogP contribution in [0.4, 0.5) is 0 Å². The van der Waals surface area contributed by atoms with Gasteiger partial charge in [-0.1, -0.05) is 30.9 Å². The topological polar surface area (TPSA) is 49.4 Å². The number of rotatable bonds is 4. The SMILES string of the molecule is CCC(=O)NCCN1C(=O)CSC1=S. The van der Waals surface area contributed by atoms with Crippen LogP contribution in [0.3, 0.4) is 0 Å². The third kappa shape index (κ3) is 2.95. The van der Waals surface area contributed by atoms with Crippen molar-refractivity contribution in [1.82, 2.24) is 10.2 Å². The highest BCUT2D eigenvalue weighted by atomic mass is 32.2. The Balaban J connectivity index is 2.27. The molecule has 2 amide bonds. The molecule has 0 atom stereocenters. The first-order valence-corrected chi connectivity index (χ1v) is 5.78. The zero-order chi connectivity index (χ0) is 10.6. The average molecular weight is 232 g/mol. The fourth-order valence-electron chi connectivity index (χ4n) is 1.03. The molecule has 0 aliphatic carbocycles. The summed E-state index contributed by atoms with van der Waals surface area (Å²) in [6.45, 7) is 2.74. The quantitative estimate of drug-likeness (QED) is 0.712. The Morgan fingerprint density at radius 3 is 2.93 bits per heavy atom. The summed E-state index contributed by atoms with van der Waals surface area (Å²) in [7, 11) is 0. The van der Waals surface area contributed by atoms with E-state index in [0.717, 1.165) is 0 Å². The molecule has 1 fully saturated rings. The first kappa shape index (κ1) is 11.5. The van der Waals surface area contributed by atoms with E-state index in [-0.39, 0.29) is 11.8 Å². The molecule has 0 saturated carbocycles. The average Bonchev–Trinajstić information content (AvgIpc) is 2.48. The molecule has 1 aliphatic rings. The summed E-state index contributed by atoms with van der Waals surface area (Å²) in [5.74, 6) is 0.460. The third-order valence-corrected chi connectivity index (χ3v) is 3.25. The van der Waals surface area contributed by atoms with E-state index in [1.54, 1.807) is 6.92 Å². The molecule has 1 rings (SSSR count). The van der Waals surface area contributed by atoms with Gasteiger partial charge in [-0.25, -0.2) is 0 Å². The van der Waals surface area contributed by atoms with Crippen molar-refractivity contribution in [2.45, 2.75) is 13.3 Å². The van der Waals surface area contributed by atoms with Crippen LogP contribution in [-0.4, -0.2) is 39.9 Å². The monoisotopic (exact) mass is 232 g/mol. The molecule has 0 radical (unpaired) electrons. The van der Waals surface area contributed by atoms with E-state index in [0.29, 0.717) is 29.6 Å². The van der Waals surface area contributed by atoms with E-state index in [1.807, 2.05) is 0 Å². The minimum absolute atomic E-state index is 0.00443. The predicted molar refractivity (Wildman–Crippen MR) is 60.1 cm³/mol. The van der Waals surface area contributed by atoms with Gasteiger partial charge in [-0.3, -0.25) is 14.5 Å². The van der Waals surface area contributed by atoms with Gasteiger partial charge in [-0.05, 0) is 0 Å². The van der Waals surface area contributed by atoms with E-state index in [9.17, 15) is 9.59 Å². The van der Waals surface area contributed by atoms with Gasteiger partial charge in [0.1, 0.15) is 4.32 Å². The normalized spacial score (nSPS) is 16.2. The molecule has 0 aromatic carbocycles. The van der Waals surface area contributed by atoms with E-state index in [4.69, 9.17) is 12.2 Å². The van der Waals surface area contributed by atoms with E-state index < -0.39 is 0 Å². The largest absolute Gasteiger partial charge is 0.354 e. The van der Waals surface area contributed by atoms with E-state index in [2.05, 4.69) is 5.32 Å². The number of hydrogen-bond acceptors (Lipinski definition) is 4. The van der Waals surface area contributed by atoms with Crippen molar-refractivity contribution in [3.63, 3.8) is 0 Å². The lowest BCUT2D eigenvalue weighted by Crippen LogP contribution is -2.37. The number of thioether (sulfide) groups is 1. The van der Waals surface area contributed by atoms with Crippen LogP contribution in [0.1, 0.15) is 13.3 Å². The van der Waals surface area contributed by atoms with Crippen LogP contribution < -0.4 is 5.32 Å². The summed E-state index contributed by atoms with van der Waals surface area (Å²) in [5, 5.41) is 2.70. The van der Waals surface area contributed by atoms with Crippen molar-refractivity contribution in [2.24, 2.45) is 0 Å². The number of amides is 2. The Morgan fingerprint density at radius 2 is 2.43 bits per heavy atom. The molecule has 0 spiro atoms. The lowest BCUT2D eigenvalue weighted by molar-refractivity contribution is -0.125. The zero-order valence-electron chi connectivity index (χ0n) is 7.91. The molecule has 0 unspecified atom stereocenters. The fraction of sp³-hybridized carbons (Fsp3) is 0.625. The van der Waals surface area contributed by atoms with Gasteiger partial charge in [0.2, 0.25) is 11.8 Å². The molecular weight excluding hydrogens is 220 g/mol. The van der Waals surface area contributed by atoms with Gasteiger partial charge in [0.25, 0.3) is 0 Å². The summed E-state index contributed by atoms with van der Waals surface area (Å²) in [4.78, 5) is 23.7. The van der Waals surface area contributed by atoms with Crippen molar-refractivity contribution in [3.8, 4) is 0 Å². The summed E-state index contributed by atoms with van der Waals surface area (Å²) in [5.41, 5.74) is 0. The Morgan fingerprint density at radius 1 is 1.71 bits per heavy atom. The maximum atomic E-state index is 11.2. The number of nitrogens with one attached hydrogen (secondary N) is 1. The Kier molecular flexibility index (Phi) is 4.34. The van der Waals surface area contributed by atoms with Crippen LogP contribution in [0.25, 0.3) is 0 Å². The molecule has 0 bridgehead atoms. The summed E-state index contributed by atoms with van der Waals surface area (Å²) >= 11 is 6.35. The second-order valence-corrected chi connectivity index (χ2v) is 4.41. The number of carbonyl (C=O) groups excluding carboxylic acids is 2.